The van der Waals surface area contributed by atoms with Crippen LogP contribution >= 0.6 is 24.8 Å². The average molecular weight is 406 g/mol. The van der Waals surface area contributed by atoms with E-state index in [1.165, 1.54) is 5.56 Å². The summed E-state index contributed by atoms with van der Waals surface area (Å²) in [5, 5.41) is 2.96. The molecule has 26 heavy (non-hydrogen) atoms. The van der Waals surface area contributed by atoms with Crippen molar-refractivity contribution in [3.8, 4) is 0 Å². The Bertz CT molecular complexity index is 545. The lowest BCUT2D eigenvalue weighted by Crippen LogP contribution is -2.56. The molecule has 0 saturated carbocycles. The Morgan fingerprint density at radius 2 is 1.54 bits per heavy atom. The average Bonchev–Trinajstić information content (AvgIpc) is 2.62. The minimum atomic E-state index is -0.783. The number of carbonyl (C=O) groups excluding carboxylic acids is 1. The quantitative estimate of drug-likeness (QED) is 0.775. The van der Waals surface area contributed by atoms with Gasteiger partial charge in [-0.05, 0) is 24.0 Å². The van der Waals surface area contributed by atoms with Crippen LogP contribution in [0, 0.1) is 0 Å². The second kappa shape index (κ2) is 11.1. The first-order valence-corrected chi connectivity index (χ1v) is 8.69. The van der Waals surface area contributed by atoms with Gasteiger partial charge in [-0.1, -0.05) is 24.3 Å². The number of rotatable bonds is 5. The summed E-state index contributed by atoms with van der Waals surface area (Å²) in [6, 6.07) is 8.40. The van der Waals surface area contributed by atoms with Crippen molar-refractivity contribution in [2.75, 3.05) is 39.5 Å². The van der Waals surface area contributed by atoms with Crippen molar-refractivity contribution in [3.05, 3.63) is 35.4 Å². The summed E-state index contributed by atoms with van der Waals surface area (Å²) in [6.07, 6.45) is 1.16. The van der Waals surface area contributed by atoms with Crippen LogP contribution in [0.3, 0.4) is 0 Å². The van der Waals surface area contributed by atoms with E-state index in [1.54, 1.807) is 0 Å². The third-order valence-corrected chi connectivity index (χ3v) is 4.82. The van der Waals surface area contributed by atoms with Gasteiger partial charge in [0.2, 0.25) is 5.91 Å². The Morgan fingerprint density at radius 1 is 1.00 bits per heavy atom. The molecular weight excluding hydrogens is 377 g/mol. The van der Waals surface area contributed by atoms with E-state index < -0.39 is 5.54 Å². The molecule has 0 radical (unpaired) electrons. The van der Waals surface area contributed by atoms with Crippen LogP contribution in [0.2, 0.25) is 0 Å². The number of ether oxygens (including phenoxy) is 2. The molecule has 2 fully saturated rings. The fourth-order valence-corrected chi connectivity index (χ4v) is 3.10. The third-order valence-electron chi connectivity index (χ3n) is 4.82. The Kier molecular flexibility index (Phi) is 9.85. The van der Waals surface area contributed by atoms with Crippen molar-refractivity contribution in [2.45, 2.75) is 31.5 Å². The molecule has 8 heteroatoms. The smallest absolute Gasteiger partial charge is 0.240 e. The first kappa shape index (κ1) is 23.1. The molecule has 0 aliphatic carbocycles. The highest BCUT2D eigenvalue weighted by molar-refractivity contribution is 5.86. The van der Waals surface area contributed by atoms with Gasteiger partial charge in [-0.2, -0.15) is 0 Å². The topological polar surface area (TPSA) is 76.8 Å². The SMILES string of the molecule is Cl.Cl.NC1(C(=O)NCc2ccc(CN3CCOCC3)cc2)CCOCC1. The van der Waals surface area contributed by atoms with Crippen LogP contribution in [0.5, 0.6) is 0 Å². The monoisotopic (exact) mass is 405 g/mol. The Hall–Kier alpha value is -0.890. The number of amides is 1. The van der Waals surface area contributed by atoms with Crippen molar-refractivity contribution in [1.29, 1.82) is 0 Å². The number of morpholine rings is 1. The zero-order chi connectivity index (χ0) is 16.8. The predicted molar refractivity (Wildman–Crippen MR) is 106 cm³/mol. The van der Waals surface area contributed by atoms with Gasteiger partial charge in [0.1, 0.15) is 0 Å². The van der Waals surface area contributed by atoms with Crippen molar-refractivity contribution >= 4 is 30.7 Å². The first-order chi connectivity index (χ1) is 11.7. The summed E-state index contributed by atoms with van der Waals surface area (Å²) >= 11 is 0. The highest BCUT2D eigenvalue weighted by atomic mass is 35.5. The Balaban J connectivity index is 0.00000169. The number of carbonyl (C=O) groups is 1. The van der Waals surface area contributed by atoms with E-state index in [0.717, 1.165) is 38.4 Å². The fourth-order valence-electron chi connectivity index (χ4n) is 3.10. The molecule has 2 heterocycles. The number of hydrogen-bond donors (Lipinski definition) is 2. The van der Waals surface area contributed by atoms with E-state index in [4.69, 9.17) is 15.2 Å². The Labute approximate surface area is 167 Å². The first-order valence-electron chi connectivity index (χ1n) is 8.69. The summed E-state index contributed by atoms with van der Waals surface area (Å²) in [4.78, 5) is 14.7. The van der Waals surface area contributed by atoms with Gasteiger partial charge in [0.05, 0.1) is 18.8 Å². The second-order valence-corrected chi connectivity index (χ2v) is 6.66. The standard InChI is InChI=1S/C18H27N3O3.2ClH/c19-18(5-9-23-10-6-18)17(22)20-13-15-1-3-16(4-2-15)14-21-7-11-24-12-8-21;;/h1-4H,5-14,19H2,(H,20,22);2*1H. The zero-order valence-electron chi connectivity index (χ0n) is 14.9. The number of nitrogens with zero attached hydrogens (tertiary/aromatic N) is 1. The van der Waals surface area contributed by atoms with Crippen LogP contribution in [-0.4, -0.2) is 55.9 Å². The maximum Gasteiger partial charge on any atom is 0.240 e. The lowest BCUT2D eigenvalue weighted by atomic mass is 9.90. The highest BCUT2D eigenvalue weighted by Gasteiger charge is 2.35. The molecule has 0 unspecified atom stereocenters. The van der Waals surface area contributed by atoms with Crippen LogP contribution in [0.25, 0.3) is 0 Å². The van der Waals surface area contributed by atoms with Gasteiger partial charge < -0.3 is 20.5 Å². The van der Waals surface area contributed by atoms with E-state index in [-0.39, 0.29) is 30.7 Å². The summed E-state index contributed by atoms with van der Waals surface area (Å²) in [5.41, 5.74) is 7.78. The summed E-state index contributed by atoms with van der Waals surface area (Å²) in [6.45, 7) is 6.17. The van der Waals surface area contributed by atoms with Gasteiger partial charge in [-0.25, -0.2) is 0 Å². The van der Waals surface area contributed by atoms with Crippen molar-refractivity contribution in [2.24, 2.45) is 5.73 Å². The molecular formula is C18H29Cl2N3O3. The molecule has 0 aromatic heterocycles. The summed E-state index contributed by atoms with van der Waals surface area (Å²) in [5.74, 6) is -0.0804. The molecule has 6 nitrogen and oxygen atoms in total. The molecule has 148 valence electrons. The van der Waals surface area contributed by atoms with Gasteiger partial charge in [0.25, 0.3) is 0 Å². The number of nitrogens with one attached hydrogen (secondary N) is 1. The molecule has 1 aromatic rings. The molecule has 2 saturated heterocycles. The molecule has 2 aliphatic heterocycles. The lowest BCUT2D eigenvalue weighted by Gasteiger charge is -2.31. The van der Waals surface area contributed by atoms with E-state index in [9.17, 15) is 4.79 Å². The molecule has 1 aromatic carbocycles. The number of hydrogen-bond acceptors (Lipinski definition) is 5. The maximum absolute atomic E-state index is 12.3. The van der Waals surface area contributed by atoms with E-state index >= 15 is 0 Å². The molecule has 2 aliphatic rings. The van der Waals surface area contributed by atoms with Gasteiger partial charge in [0, 0.05) is 39.4 Å². The largest absolute Gasteiger partial charge is 0.381 e. The summed E-state index contributed by atoms with van der Waals surface area (Å²) in [7, 11) is 0. The lowest BCUT2D eigenvalue weighted by molar-refractivity contribution is -0.129. The van der Waals surface area contributed by atoms with Gasteiger partial charge >= 0.3 is 0 Å². The van der Waals surface area contributed by atoms with E-state index in [1.807, 2.05) is 0 Å². The fraction of sp³-hybridized carbons (Fsp3) is 0.611. The van der Waals surface area contributed by atoms with E-state index in [0.29, 0.717) is 32.6 Å². The molecule has 0 atom stereocenters. The molecule has 1 amide bonds. The van der Waals surface area contributed by atoms with Crippen molar-refractivity contribution in [1.82, 2.24) is 10.2 Å². The van der Waals surface area contributed by atoms with Crippen LogP contribution in [0.15, 0.2) is 24.3 Å². The number of benzene rings is 1. The zero-order valence-corrected chi connectivity index (χ0v) is 16.6. The van der Waals surface area contributed by atoms with Gasteiger partial charge in [0.15, 0.2) is 0 Å². The van der Waals surface area contributed by atoms with Crippen LogP contribution < -0.4 is 11.1 Å². The van der Waals surface area contributed by atoms with Crippen LogP contribution in [0.1, 0.15) is 24.0 Å². The number of nitrogens with two attached hydrogens (primary N) is 1. The third kappa shape index (κ3) is 6.37. The Morgan fingerprint density at radius 3 is 2.15 bits per heavy atom. The predicted octanol–water partition coefficient (Wildman–Crippen LogP) is 1.49. The minimum Gasteiger partial charge on any atom is -0.381 e. The van der Waals surface area contributed by atoms with Crippen LogP contribution in [0.4, 0.5) is 0 Å². The van der Waals surface area contributed by atoms with Gasteiger partial charge in [-0.15, -0.1) is 24.8 Å². The highest BCUT2D eigenvalue weighted by Crippen LogP contribution is 2.18. The van der Waals surface area contributed by atoms with Crippen LogP contribution in [-0.2, 0) is 27.4 Å². The molecule has 0 spiro atoms. The minimum absolute atomic E-state index is 0. The summed E-state index contributed by atoms with van der Waals surface area (Å²) < 4.78 is 10.7. The second-order valence-electron chi connectivity index (χ2n) is 6.66. The number of halogens is 2. The van der Waals surface area contributed by atoms with E-state index in [2.05, 4.69) is 34.5 Å². The van der Waals surface area contributed by atoms with Crippen molar-refractivity contribution < 1.29 is 14.3 Å². The molecule has 3 N–H and O–H groups in total. The maximum atomic E-state index is 12.3. The van der Waals surface area contributed by atoms with Crippen molar-refractivity contribution in [3.63, 3.8) is 0 Å². The molecule has 0 bridgehead atoms. The normalized spacial score (nSPS) is 19.7. The van der Waals surface area contributed by atoms with Gasteiger partial charge in [-0.3, -0.25) is 9.69 Å². The molecule has 3 rings (SSSR count).